The summed E-state index contributed by atoms with van der Waals surface area (Å²) >= 11 is 0. The highest BCUT2D eigenvalue weighted by Crippen LogP contribution is 2.17. The summed E-state index contributed by atoms with van der Waals surface area (Å²) in [6.45, 7) is 0. The van der Waals surface area contributed by atoms with Crippen molar-refractivity contribution in [2.24, 2.45) is 0 Å². The summed E-state index contributed by atoms with van der Waals surface area (Å²) < 4.78 is 0. The molecular weight excluding hydrogens is 380 g/mol. The van der Waals surface area contributed by atoms with E-state index in [0.717, 1.165) is 50.6 Å². The molecule has 4 N–H and O–H groups in total. The van der Waals surface area contributed by atoms with Crippen molar-refractivity contribution >= 4 is 24.3 Å². The molecule has 4 aromatic heterocycles. The first kappa shape index (κ1) is 17.7. The zero-order valence-electron chi connectivity index (χ0n) is 16.9. The van der Waals surface area contributed by atoms with Gasteiger partial charge in [0.2, 0.25) is 0 Å². The Morgan fingerprint density at radius 3 is 1.71 bits per heavy atom. The largest absolute Gasteiger partial charge is 0.355 e. The van der Waals surface area contributed by atoms with Gasteiger partial charge in [0, 0.05) is 44.2 Å². The molecule has 0 aliphatic carbocycles. The average molecular weight is 403 g/mol. The van der Waals surface area contributed by atoms with E-state index in [4.69, 9.17) is 0 Å². The summed E-state index contributed by atoms with van der Waals surface area (Å²) in [6, 6.07) is 25.5. The summed E-state index contributed by atoms with van der Waals surface area (Å²) in [7, 11) is 0. The van der Waals surface area contributed by atoms with Crippen LogP contribution in [-0.2, 0) is 6.42 Å². The van der Waals surface area contributed by atoms with E-state index in [9.17, 15) is 0 Å². The number of H-pyrrole nitrogens is 4. The van der Waals surface area contributed by atoms with E-state index in [2.05, 4.69) is 117 Å². The first-order valence-corrected chi connectivity index (χ1v) is 10.5. The molecule has 0 saturated heterocycles. The maximum absolute atomic E-state index is 3.60. The predicted octanol–water partition coefficient (Wildman–Crippen LogP) is 2.22. The van der Waals surface area contributed by atoms with Gasteiger partial charge in [0.05, 0.1) is 0 Å². The molecule has 4 heteroatoms. The lowest BCUT2D eigenvalue weighted by Crippen LogP contribution is -2.10. The Kier molecular flexibility index (Phi) is 4.13. The Hall–Kier alpha value is -4.18. The minimum atomic E-state index is 0.880. The summed E-state index contributed by atoms with van der Waals surface area (Å²) in [5, 5.41) is 4.27. The van der Waals surface area contributed by atoms with Crippen molar-refractivity contribution in [1.29, 1.82) is 0 Å². The molecule has 0 atom stereocenters. The van der Waals surface area contributed by atoms with Crippen molar-refractivity contribution in [2.75, 3.05) is 0 Å². The molecule has 1 aliphatic heterocycles. The number of hydrogen-bond donors (Lipinski definition) is 4. The first-order chi connectivity index (χ1) is 15.3. The van der Waals surface area contributed by atoms with Crippen LogP contribution in [0, 0.1) is 0 Å². The molecule has 31 heavy (non-hydrogen) atoms. The van der Waals surface area contributed by atoms with Gasteiger partial charge < -0.3 is 19.9 Å². The maximum Gasteiger partial charge on any atom is 0.0441 e. The van der Waals surface area contributed by atoms with Crippen LogP contribution in [0.15, 0.2) is 72.8 Å². The van der Waals surface area contributed by atoms with Crippen LogP contribution in [0.25, 0.3) is 24.3 Å². The number of nitrogens with one attached hydrogen (secondary N) is 4. The van der Waals surface area contributed by atoms with Crippen LogP contribution in [0.3, 0.4) is 0 Å². The summed E-state index contributed by atoms with van der Waals surface area (Å²) in [5.41, 5.74) is 6.91. The van der Waals surface area contributed by atoms with Crippen LogP contribution >= 0.6 is 0 Å². The predicted molar refractivity (Wildman–Crippen MR) is 125 cm³/mol. The standard InChI is InChI=1S/C27H22N4/c1-2-4-18(5-3-1)12-19-13-26-16-24-9-8-22(29-24)14-20-6-7-21(28-20)15-23-10-11-25(30-23)17-27(19)31-26/h1-11,13-17,28-31H,12H2. The zero-order valence-corrected chi connectivity index (χ0v) is 16.9. The highest BCUT2D eigenvalue weighted by molar-refractivity contribution is 5.58. The number of aromatic nitrogens is 4. The molecule has 5 aromatic rings. The third kappa shape index (κ3) is 3.71. The van der Waals surface area contributed by atoms with Crippen molar-refractivity contribution in [1.82, 2.24) is 19.9 Å². The third-order valence-electron chi connectivity index (χ3n) is 5.62. The van der Waals surface area contributed by atoms with Crippen LogP contribution in [-0.4, -0.2) is 19.9 Å². The molecule has 5 heterocycles. The van der Waals surface area contributed by atoms with E-state index in [1.165, 1.54) is 11.1 Å². The monoisotopic (exact) mass is 402 g/mol. The highest BCUT2D eigenvalue weighted by atomic mass is 14.8. The summed E-state index contributed by atoms with van der Waals surface area (Å²) in [4.78, 5) is 14.0. The lowest BCUT2D eigenvalue weighted by molar-refractivity contribution is 1.17. The van der Waals surface area contributed by atoms with Gasteiger partial charge in [-0.25, -0.2) is 0 Å². The minimum absolute atomic E-state index is 0.880. The fourth-order valence-corrected chi connectivity index (χ4v) is 4.16. The molecule has 0 saturated carbocycles. The second kappa shape index (κ2) is 7.26. The van der Waals surface area contributed by atoms with Crippen molar-refractivity contribution in [2.45, 2.75) is 6.42 Å². The van der Waals surface area contributed by atoms with E-state index in [1.54, 1.807) is 0 Å². The molecule has 0 radical (unpaired) electrons. The fourth-order valence-electron chi connectivity index (χ4n) is 4.16. The van der Waals surface area contributed by atoms with E-state index < -0.39 is 0 Å². The lowest BCUT2D eigenvalue weighted by Gasteiger charge is -2.00. The van der Waals surface area contributed by atoms with Crippen molar-refractivity contribution in [3.63, 3.8) is 0 Å². The SMILES string of the molecule is C1=c2ccc([nH]2)=Cc2cc(Cc3ccccc3)c([nH]2)C=c2ccc([nH]2)=Cc2ccc1[nH]2. The van der Waals surface area contributed by atoms with Crippen LogP contribution in [0.4, 0.5) is 0 Å². The van der Waals surface area contributed by atoms with E-state index in [1.807, 2.05) is 0 Å². The Morgan fingerprint density at radius 2 is 1.06 bits per heavy atom. The van der Waals surface area contributed by atoms with E-state index in [-0.39, 0.29) is 0 Å². The number of rotatable bonds is 2. The summed E-state index contributed by atoms with van der Waals surface area (Å²) in [5.74, 6) is 0. The topological polar surface area (TPSA) is 63.2 Å². The van der Waals surface area contributed by atoms with Gasteiger partial charge in [0.25, 0.3) is 0 Å². The molecule has 150 valence electrons. The number of benzene rings is 1. The Balaban J connectivity index is 1.56. The molecule has 0 unspecified atom stereocenters. The quantitative estimate of drug-likeness (QED) is 0.343. The molecule has 0 spiro atoms. The molecule has 0 amide bonds. The van der Waals surface area contributed by atoms with Gasteiger partial charge in [0.15, 0.2) is 0 Å². The van der Waals surface area contributed by atoms with Crippen LogP contribution in [0.1, 0.15) is 33.9 Å². The average Bonchev–Trinajstić information content (AvgIpc) is 3.55. The van der Waals surface area contributed by atoms with E-state index in [0.29, 0.717) is 0 Å². The number of aromatic amines is 4. The van der Waals surface area contributed by atoms with Crippen molar-refractivity contribution < 1.29 is 0 Å². The van der Waals surface area contributed by atoms with Crippen molar-refractivity contribution in [3.8, 4) is 0 Å². The van der Waals surface area contributed by atoms with Gasteiger partial charge in [-0.3, -0.25) is 0 Å². The van der Waals surface area contributed by atoms with Crippen LogP contribution in [0.2, 0.25) is 0 Å². The van der Waals surface area contributed by atoms with Crippen LogP contribution in [0.5, 0.6) is 0 Å². The lowest BCUT2D eigenvalue weighted by atomic mass is 10.0. The highest BCUT2D eigenvalue weighted by Gasteiger charge is 2.07. The zero-order chi connectivity index (χ0) is 20.6. The van der Waals surface area contributed by atoms with Gasteiger partial charge in [-0.1, -0.05) is 30.3 Å². The van der Waals surface area contributed by atoms with Gasteiger partial charge in [-0.2, -0.15) is 0 Å². The number of hydrogen-bond acceptors (Lipinski definition) is 0. The molecule has 1 aromatic carbocycles. The van der Waals surface area contributed by atoms with Gasteiger partial charge in [-0.05, 0) is 84.3 Å². The Bertz CT molecular complexity index is 1600. The van der Waals surface area contributed by atoms with Crippen LogP contribution < -0.4 is 21.4 Å². The molecular formula is C27H22N4. The maximum atomic E-state index is 3.60. The van der Waals surface area contributed by atoms with Gasteiger partial charge in [0.1, 0.15) is 0 Å². The molecule has 6 rings (SSSR count). The fraction of sp³-hybridized carbons (Fsp3) is 0.0370. The first-order valence-electron chi connectivity index (χ1n) is 10.5. The van der Waals surface area contributed by atoms with Gasteiger partial charge >= 0.3 is 0 Å². The normalized spacial score (nSPS) is 12.4. The van der Waals surface area contributed by atoms with Gasteiger partial charge in [-0.15, -0.1) is 0 Å². The molecule has 8 bridgehead atoms. The Labute approximate surface area is 179 Å². The minimum Gasteiger partial charge on any atom is -0.355 e. The Morgan fingerprint density at radius 1 is 0.484 bits per heavy atom. The number of fused-ring (bicyclic) bond motifs is 8. The smallest absolute Gasteiger partial charge is 0.0441 e. The molecule has 1 aliphatic rings. The summed E-state index contributed by atoms with van der Waals surface area (Å²) in [6.07, 6.45) is 9.47. The second-order valence-electron chi connectivity index (χ2n) is 8.01. The third-order valence-corrected chi connectivity index (χ3v) is 5.62. The second-order valence-corrected chi connectivity index (χ2v) is 8.01. The molecule has 4 nitrogen and oxygen atoms in total. The molecule has 0 fully saturated rings. The van der Waals surface area contributed by atoms with Crippen molar-refractivity contribution in [3.05, 3.63) is 128 Å². The van der Waals surface area contributed by atoms with E-state index >= 15 is 0 Å².